The van der Waals surface area contributed by atoms with Crippen LogP contribution in [0.2, 0.25) is 0 Å². The molecule has 0 bridgehead atoms. The third-order valence-corrected chi connectivity index (χ3v) is 18.7. The number of hydrogen-bond acceptors (Lipinski definition) is 15. The summed E-state index contributed by atoms with van der Waals surface area (Å²) in [6.45, 7) is 14.5. The quantitative estimate of drug-likeness (QED) is 0.125. The fourth-order valence-corrected chi connectivity index (χ4v) is 14.5. The molecule has 9 N–H and O–H groups in total. The number of carboxylic acid groups (broad SMARTS) is 1. The van der Waals surface area contributed by atoms with Crippen molar-refractivity contribution in [2.75, 3.05) is 19.8 Å². The van der Waals surface area contributed by atoms with Crippen LogP contribution in [0.1, 0.15) is 113 Å². The Labute approximate surface area is 364 Å². The second kappa shape index (κ2) is 16.5. The first-order valence-electron chi connectivity index (χ1n) is 23.1. The molecule has 0 aromatic carbocycles. The molecular weight excluding hydrogens is 808 g/mol. The van der Waals surface area contributed by atoms with Gasteiger partial charge in [-0.05, 0) is 111 Å². The van der Waals surface area contributed by atoms with E-state index in [-0.39, 0.29) is 59.2 Å². The molecule has 4 saturated carbocycles. The molecule has 16 heteroatoms. The largest absolute Gasteiger partial charge is 0.481 e. The third-order valence-electron chi connectivity index (χ3n) is 18.7. The van der Waals surface area contributed by atoms with Crippen LogP contribution >= 0.6 is 0 Å². The van der Waals surface area contributed by atoms with Crippen molar-refractivity contribution in [3.05, 3.63) is 11.6 Å². The first-order valence-corrected chi connectivity index (χ1v) is 23.1. The molecular formula is C46H74O16. The monoisotopic (exact) mass is 882 g/mol. The standard InChI is InChI=1S/C46H74O16/c1-22-30(50)35(61-37-33(53)31(51)25(48)19-57-37)34(54)38(59-22)62-36-32(52)26(49)20-58-39(36)60-29-11-12-42(4)27(43(29,5)21-47)10-13-45(7)28(42)9-8-23-24-18-41(2,3)14-16-46(24,40(55)56)17-15-44(23,45)6/h8,22,24-39,47-54H,9-21H2,1-7H3,(H,55,56)/t22-,24+,25+,26-,27-,28+,29-,30-,31-,32-,33+,34+,35+,36+,37-,38-,39-,42-,43+,44+,45+,46-/m0/s1. The highest BCUT2D eigenvalue weighted by Crippen LogP contribution is 2.76. The highest BCUT2D eigenvalue weighted by molar-refractivity contribution is 5.76. The van der Waals surface area contributed by atoms with E-state index in [1.165, 1.54) is 12.5 Å². The fourth-order valence-electron chi connectivity index (χ4n) is 14.5. The molecule has 0 amide bonds. The Balaban J connectivity index is 1.02. The van der Waals surface area contributed by atoms with Crippen molar-refractivity contribution in [1.29, 1.82) is 0 Å². The van der Waals surface area contributed by atoms with Crippen molar-refractivity contribution in [3.8, 4) is 0 Å². The molecule has 3 saturated heterocycles. The minimum absolute atomic E-state index is 0.00631. The predicted molar refractivity (Wildman–Crippen MR) is 219 cm³/mol. The first-order chi connectivity index (χ1) is 29.0. The van der Waals surface area contributed by atoms with Gasteiger partial charge in [0.2, 0.25) is 0 Å². The topological polar surface area (TPSA) is 255 Å². The van der Waals surface area contributed by atoms with Crippen molar-refractivity contribution in [1.82, 2.24) is 0 Å². The molecule has 354 valence electrons. The van der Waals surface area contributed by atoms with Crippen LogP contribution in [0.25, 0.3) is 0 Å². The van der Waals surface area contributed by atoms with E-state index in [9.17, 15) is 50.8 Å². The van der Waals surface area contributed by atoms with Crippen LogP contribution in [0.4, 0.5) is 0 Å². The molecule has 0 unspecified atom stereocenters. The van der Waals surface area contributed by atoms with Gasteiger partial charge in [-0.15, -0.1) is 0 Å². The van der Waals surface area contributed by atoms with E-state index in [0.717, 1.165) is 44.9 Å². The van der Waals surface area contributed by atoms with Gasteiger partial charge in [0.25, 0.3) is 0 Å². The number of fused-ring (bicyclic) bond motifs is 7. The molecule has 8 aliphatic rings. The molecule has 7 fully saturated rings. The van der Waals surface area contributed by atoms with Crippen LogP contribution in [0, 0.1) is 50.2 Å². The van der Waals surface area contributed by atoms with Crippen LogP contribution < -0.4 is 0 Å². The lowest BCUT2D eigenvalue weighted by molar-refractivity contribution is -0.379. The summed E-state index contributed by atoms with van der Waals surface area (Å²) in [6, 6.07) is 0. The van der Waals surface area contributed by atoms with Gasteiger partial charge >= 0.3 is 5.97 Å². The minimum atomic E-state index is -1.73. The molecule has 5 aliphatic carbocycles. The number of aliphatic carboxylic acids is 1. The van der Waals surface area contributed by atoms with Crippen molar-refractivity contribution < 1.29 is 79.2 Å². The summed E-state index contributed by atoms with van der Waals surface area (Å²) in [5, 5.41) is 97.4. The average Bonchev–Trinajstić information content (AvgIpc) is 3.21. The molecule has 3 aliphatic heterocycles. The number of allylic oxidation sites excluding steroid dienone is 2. The third kappa shape index (κ3) is 7.19. The Bertz CT molecular complexity index is 1690. The zero-order valence-electron chi connectivity index (χ0n) is 37.5. The summed E-state index contributed by atoms with van der Waals surface area (Å²) in [6.07, 6.45) is -9.19. The second-order valence-corrected chi connectivity index (χ2v) is 22.4. The van der Waals surface area contributed by atoms with Gasteiger partial charge in [0.05, 0.1) is 37.4 Å². The van der Waals surface area contributed by atoms with E-state index in [1.54, 1.807) is 0 Å². The number of aliphatic hydroxyl groups is 8. The SMILES string of the molecule is C[C@@H]1O[C@@H](O[C@H]2[C@H](O[C@H]3CC[C@@]4(C)[C@H](CC[C@]5(C)[C@@H]4CC=C4[C@H]6CC(C)(C)CC[C@]6(C(=O)O)CC[C@]45C)[C@@]3(C)CO)OC[C@H](O)[C@@H]2O)[C@H](O)[C@H](O[C@@H]2OC[C@@H](O)[C@H](O)[C@H]2O)[C@H]1O. The highest BCUT2D eigenvalue weighted by Gasteiger charge is 2.70. The molecule has 0 aromatic rings. The van der Waals surface area contributed by atoms with Crippen molar-refractivity contribution in [3.63, 3.8) is 0 Å². The van der Waals surface area contributed by atoms with Crippen molar-refractivity contribution in [2.24, 2.45) is 50.2 Å². The normalized spacial score (nSPS) is 55.1. The van der Waals surface area contributed by atoms with E-state index in [0.29, 0.717) is 19.3 Å². The van der Waals surface area contributed by atoms with E-state index < -0.39 is 103 Å². The maximum atomic E-state index is 13.1. The van der Waals surface area contributed by atoms with Crippen molar-refractivity contribution in [2.45, 2.75) is 199 Å². The Morgan fingerprint density at radius 1 is 0.710 bits per heavy atom. The molecule has 8 rings (SSSR count). The van der Waals surface area contributed by atoms with E-state index in [2.05, 4.69) is 47.6 Å². The van der Waals surface area contributed by atoms with Gasteiger partial charge in [0, 0.05) is 5.41 Å². The zero-order valence-corrected chi connectivity index (χ0v) is 37.5. The minimum Gasteiger partial charge on any atom is -0.481 e. The summed E-state index contributed by atoms with van der Waals surface area (Å²) in [7, 11) is 0. The van der Waals surface area contributed by atoms with E-state index in [4.69, 9.17) is 28.4 Å². The lowest BCUT2D eigenvalue weighted by Gasteiger charge is -2.71. The molecule has 3 heterocycles. The van der Waals surface area contributed by atoms with Gasteiger partial charge in [-0.3, -0.25) is 4.79 Å². The van der Waals surface area contributed by atoms with Gasteiger partial charge in [-0.2, -0.15) is 0 Å². The Morgan fingerprint density at radius 3 is 2.03 bits per heavy atom. The van der Waals surface area contributed by atoms with Gasteiger partial charge in [0.1, 0.15) is 54.9 Å². The van der Waals surface area contributed by atoms with Crippen LogP contribution in [0.5, 0.6) is 0 Å². The molecule has 62 heavy (non-hydrogen) atoms. The summed E-state index contributed by atoms with van der Waals surface area (Å²) < 4.78 is 36.0. The van der Waals surface area contributed by atoms with Gasteiger partial charge in [-0.25, -0.2) is 0 Å². The molecule has 22 atom stereocenters. The zero-order chi connectivity index (χ0) is 45.1. The fraction of sp³-hybridized carbons (Fsp3) is 0.935. The van der Waals surface area contributed by atoms with Gasteiger partial charge in [-0.1, -0.05) is 53.2 Å². The first kappa shape index (κ1) is 47.2. The predicted octanol–water partition coefficient (Wildman–Crippen LogP) is 1.98. The number of rotatable bonds is 8. The maximum Gasteiger partial charge on any atom is 0.310 e. The van der Waals surface area contributed by atoms with Gasteiger partial charge in [0.15, 0.2) is 18.9 Å². The lowest BCUT2D eigenvalue weighted by atomic mass is 9.33. The number of carbonyl (C=O) groups is 1. The van der Waals surface area contributed by atoms with Crippen LogP contribution in [0.15, 0.2) is 11.6 Å². The second-order valence-electron chi connectivity index (χ2n) is 22.4. The maximum absolute atomic E-state index is 13.1. The lowest BCUT2D eigenvalue weighted by Crippen LogP contribution is -2.67. The molecule has 0 radical (unpaired) electrons. The summed E-state index contributed by atoms with van der Waals surface area (Å²) in [5.41, 5.74) is -0.519. The Hall–Kier alpha value is -1.35. The van der Waals surface area contributed by atoms with Crippen molar-refractivity contribution >= 4 is 5.97 Å². The number of aliphatic hydroxyl groups excluding tert-OH is 8. The molecule has 0 aromatic heterocycles. The van der Waals surface area contributed by atoms with Crippen LogP contribution in [0.3, 0.4) is 0 Å². The van der Waals surface area contributed by atoms with E-state index in [1.807, 2.05) is 0 Å². The van der Waals surface area contributed by atoms with Crippen LogP contribution in [-0.4, -0.2) is 158 Å². The smallest absolute Gasteiger partial charge is 0.310 e. The Kier molecular flexibility index (Phi) is 12.5. The summed E-state index contributed by atoms with van der Waals surface area (Å²) in [4.78, 5) is 13.1. The van der Waals surface area contributed by atoms with Gasteiger partial charge < -0.3 is 74.4 Å². The highest BCUT2D eigenvalue weighted by atomic mass is 16.8. The van der Waals surface area contributed by atoms with Crippen LogP contribution in [-0.2, 0) is 33.2 Å². The average molecular weight is 883 g/mol. The Morgan fingerprint density at radius 2 is 1.35 bits per heavy atom. The number of ether oxygens (including phenoxy) is 6. The van der Waals surface area contributed by atoms with E-state index >= 15 is 0 Å². The molecule has 0 spiro atoms. The number of carboxylic acids is 1. The summed E-state index contributed by atoms with van der Waals surface area (Å²) >= 11 is 0. The summed E-state index contributed by atoms with van der Waals surface area (Å²) in [5.74, 6) is -0.342. The number of hydrogen-bond donors (Lipinski definition) is 9. The molecule has 16 nitrogen and oxygen atoms in total.